The minimum Gasteiger partial charge on any atom is -0.475 e. The highest BCUT2D eigenvalue weighted by Crippen LogP contribution is 2.38. The first-order valence-electron chi connectivity index (χ1n) is 5.25. The molecule has 16 heavy (non-hydrogen) atoms. The zero-order chi connectivity index (χ0) is 11.5. The monoisotopic (exact) mass is 218 g/mol. The van der Waals surface area contributed by atoms with Crippen molar-refractivity contribution in [1.29, 1.82) is 5.41 Å². The molecule has 84 valence electrons. The molecule has 4 heteroatoms. The number of aromatic amines is 1. The topological polar surface area (TPSA) is 65.9 Å². The van der Waals surface area contributed by atoms with Crippen molar-refractivity contribution in [3.63, 3.8) is 0 Å². The van der Waals surface area contributed by atoms with Gasteiger partial charge in [-0.1, -0.05) is 6.58 Å². The number of hydrogen-bond acceptors (Lipinski definition) is 3. The lowest BCUT2D eigenvalue weighted by molar-refractivity contribution is 0.0874. The number of pyridine rings is 1. The van der Waals surface area contributed by atoms with Crippen LogP contribution in [0.15, 0.2) is 35.8 Å². The minimum atomic E-state index is -0.0688. The van der Waals surface area contributed by atoms with Gasteiger partial charge in [-0.2, -0.15) is 0 Å². The Hall–Kier alpha value is -1.84. The van der Waals surface area contributed by atoms with E-state index in [1.54, 1.807) is 12.3 Å². The van der Waals surface area contributed by atoms with Crippen LogP contribution < -0.4 is 5.56 Å². The predicted molar refractivity (Wildman–Crippen MR) is 61.8 cm³/mol. The Bertz CT molecular complexity index is 458. The number of hydrogen-bond donors (Lipinski definition) is 2. The van der Waals surface area contributed by atoms with E-state index >= 15 is 0 Å². The van der Waals surface area contributed by atoms with Crippen molar-refractivity contribution in [3.05, 3.63) is 46.9 Å². The molecule has 1 aliphatic carbocycles. The van der Waals surface area contributed by atoms with Gasteiger partial charge in [0.15, 0.2) is 0 Å². The fourth-order valence-corrected chi connectivity index (χ4v) is 1.88. The highest BCUT2D eigenvalue weighted by atomic mass is 16.5. The van der Waals surface area contributed by atoms with Crippen LogP contribution in [0.3, 0.4) is 0 Å². The Morgan fingerprint density at radius 3 is 3.00 bits per heavy atom. The molecule has 1 aromatic rings. The number of nitrogens with one attached hydrogen (secondary N) is 2. The minimum absolute atomic E-state index is 0.0688. The normalized spacial score (nSPS) is 23.2. The van der Waals surface area contributed by atoms with Gasteiger partial charge in [0.2, 0.25) is 11.5 Å². The molecule has 0 unspecified atom stereocenters. The third kappa shape index (κ3) is 2.21. The smallest absolute Gasteiger partial charge is 0.248 e. The molecule has 1 aliphatic rings. The van der Waals surface area contributed by atoms with E-state index in [4.69, 9.17) is 10.1 Å². The fourth-order valence-electron chi connectivity index (χ4n) is 1.88. The first-order valence-corrected chi connectivity index (χ1v) is 5.25. The van der Waals surface area contributed by atoms with E-state index in [9.17, 15) is 4.79 Å². The lowest BCUT2D eigenvalue weighted by Gasteiger charge is -2.35. The molecule has 0 aliphatic heterocycles. The molecule has 0 atom stereocenters. The second kappa shape index (κ2) is 4.35. The lowest BCUT2D eigenvalue weighted by atomic mass is 9.78. The fraction of sp³-hybridized carbons (Fsp3) is 0.333. The summed E-state index contributed by atoms with van der Waals surface area (Å²) in [6, 6.07) is 3.54. The van der Waals surface area contributed by atoms with Crippen LogP contribution in [0.25, 0.3) is 0 Å². The second-order valence-corrected chi connectivity index (χ2v) is 3.96. The van der Waals surface area contributed by atoms with Gasteiger partial charge >= 0.3 is 0 Å². The summed E-state index contributed by atoms with van der Waals surface area (Å²) in [5.41, 5.74) is 0.981. The molecule has 1 heterocycles. The van der Waals surface area contributed by atoms with Crippen molar-refractivity contribution < 1.29 is 4.74 Å². The van der Waals surface area contributed by atoms with Gasteiger partial charge in [-0.3, -0.25) is 10.2 Å². The molecule has 2 rings (SSSR count). The van der Waals surface area contributed by atoms with E-state index in [1.807, 2.05) is 6.07 Å². The summed E-state index contributed by atoms with van der Waals surface area (Å²) in [6.07, 6.45) is 4.87. The van der Waals surface area contributed by atoms with Crippen LogP contribution in [0.4, 0.5) is 0 Å². The molecule has 0 amide bonds. The first kappa shape index (κ1) is 10.7. The first-order chi connectivity index (χ1) is 7.69. The van der Waals surface area contributed by atoms with Crippen molar-refractivity contribution in [2.75, 3.05) is 0 Å². The molecular weight excluding hydrogens is 204 g/mol. The molecule has 1 saturated carbocycles. The third-order valence-electron chi connectivity index (χ3n) is 2.84. The SMILES string of the molecule is C=CC(=N)OC1CC(c2cc[nH]c(=O)c2)C1. The molecule has 0 saturated heterocycles. The molecule has 0 spiro atoms. The van der Waals surface area contributed by atoms with E-state index in [1.165, 1.54) is 6.08 Å². The predicted octanol–water partition coefficient (Wildman–Crippen LogP) is 1.80. The molecule has 0 radical (unpaired) electrons. The Kier molecular flexibility index (Phi) is 2.90. The highest BCUT2D eigenvalue weighted by Gasteiger charge is 2.32. The molecule has 1 fully saturated rings. The van der Waals surface area contributed by atoms with E-state index < -0.39 is 0 Å². The van der Waals surface area contributed by atoms with Gasteiger partial charge in [0.25, 0.3) is 0 Å². The van der Waals surface area contributed by atoms with Crippen molar-refractivity contribution in [2.45, 2.75) is 24.9 Å². The van der Waals surface area contributed by atoms with Crippen molar-refractivity contribution in [1.82, 2.24) is 4.98 Å². The van der Waals surface area contributed by atoms with E-state index in [-0.39, 0.29) is 17.6 Å². The van der Waals surface area contributed by atoms with Crippen LogP contribution in [-0.2, 0) is 4.74 Å². The van der Waals surface area contributed by atoms with E-state index in [2.05, 4.69) is 11.6 Å². The summed E-state index contributed by atoms with van der Waals surface area (Å²) < 4.78 is 5.30. The maximum absolute atomic E-state index is 11.1. The Balaban J connectivity index is 1.91. The number of ether oxygens (including phenoxy) is 1. The maximum Gasteiger partial charge on any atom is 0.248 e. The molecule has 0 bridgehead atoms. The van der Waals surface area contributed by atoms with Crippen LogP contribution in [-0.4, -0.2) is 17.0 Å². The van der Waals surface area contributed by atoms with Crippen LogP contribution in [0.1, 0.15) is 24.3 Å². The van der Waals surface area contributed by atoms with Gasteiger partial charge < -0.3 is 9.72 Å². The zero-order valence-electron chi connectivity index (χ0n) is 8.90. The quantitative estimate of drug-likeness (QED) is 0.600. The third-order valence-corrected chi connectivity index (χ3v) is 2.84. The number of H-pyrrole nitrogens is 1. The second-order valence-electron chi connectivity index (χ2n) is 3.96. The zero-order valence-corrected chi connectivity index (χ0v) is 8.90. The van der Waals surface area contributed by atoms with Crippen LogP contribution >= 0.6 is 0 Å². The lowest BCUT2D eigenvalue weighted by Crippen LogP contribution is -2.31. The van der Waals surface area contributed by atoms with Gasteiger partial charge in [0.1, 0.15) is 6.10 Å². The maximum atomic E-state index is 11.1. The van der Waals surface area contributed by atoms with Crippen molar-refractivity contribution >= 4 is 5.90 Å². The number of aromatic nitrogens is 1. The summed E-state index contributed by atoms with van der Waals surface area (Å²) in [6.45, 7) is 3.47. The van der Waals surface area contributed by atoms with Crippen LogP contribution in [0.5, 0.6) is 0 Å². The molecule has 1 aromatic heterocycles. The Labute approximate surface area is 93.5 Å². The highest BCUT2D eigenvalue weighted by molar-refractivity contribution is 5.84. The summed E-state index contributed by atoms with van der Waals surface area (Å²) in [5.74, 6) is 0.499. The van der Waals surface area contributed by atoms with Gasteiger partial charge in [-0.05, 0) is 36.5 Å². The van der Waals surface area contributed by atoms with Crippen molar-refractivity contribution in [2.24, 2.45) is 0 Å². The van der Waals surface area contributed by atoms with Gasteiger partial charge in [-0.15, -0.1) is 0 Å². The Morgan fingerprint density at radius 2 is 2.38 bits per heavy atom. The van der Waals surface area contributed by atoms with Crippen LogP contribution in [0, 0.1) is 5.41 Å². The van der Waals surface area contributed by atoms with Gasteiger partial charge in [-0.25, -0.2) is 0 Å². The summed E-state index contributed by atoms with van der Waals surface area (Å²) >= 11 is 0. The Morgan fingerprint density at radius 1 is 1.62 bits per heavy atom. The standard InChI is InChI=1S/C12H14N2O2/c1-2-11(13)16-10-5-9(6-10)8-3-4-14-12(15)7-8/h2-4,7,9-10,13H,1,5-6H2,(H,14,15). The average Bonchev–Trinajstić information content (AvgIpc) is 2.22. The van der Waals surface area contributed by atoms with Gasteiger partial charge in [0.05, 0.1) is 0 Å². The number of rotatable bonds is 3. The molecule has 4 nitrogen and oxygen atoms in total. The molecule has 0 aromatic carbocycles. The average molecular weight is 218 g/mol. The molecular formula is C12H14N2O2. The summed E-state index contributed by atoms with van der Waals surface area (Å²) in [4.78, 5) is 13.7. The van der Waals surface area contributed by atoms with E-state index in [0.717, 1.165) is 18.4 Å². The van der Waals surface area contributed by atoms with Gasteiger partial charge in [0, 0.05) is 12.3 Å². The summed E-state index contributed by atoms with van der Waals surface area (Å²) in [5, 5.41) is 7.31. The van der Waals surface area contributed by atoms with Crippen LogP contribution in [0.2, 0.25) is 0 Å². The summed E-state index contributed by atoms with van der Waals surface area (Å²) in [7, 11) is 0. The van der Waals surface area contributed by atoms with E-state index in [0.29, 0.717) is 5.92 Å². The largest absolute Gasteiger partial charge is 0.475 e. The molecule has 2 N–H and O–H groups in total. The van der Waals surface area contributed by atoms with Crippen molar-refractivity contribution in [3.8, 4) is 0 Å².